The van der Waals surface area contributed by atoms with Gasteiger partial charge in [-0.2, -0.15) is 0 Å². The van der Waals surface area contributed by atoms with Crippen molar-refractivity contribution in [2.45, 2.75) is 60.1 Å². The third-order valence-electron chi connectivity index (χ3n) is 5.09. The minimum Gasteiger partial charge on any atom is -0.444 e. The molecule has 2 heterocycles. The summed E-state index contributed by atoms with van der Waals surface area (Å²) in [6.45, 7) is 15.7. The first-order chi connectivity index (χ1) is 14.1. The van der Waals surface area contributed by atoms with E-state index in [1.165, 1.54) is 11.1 Å². The van der Waals surface area contributed by atoms with E-state index in [4.69, 9.17) is 9.15 Å². The van der Waals surface area contributed by atoms with Crippen LogP contribution in [-0.4, -0.2) is 57.9 Å². The van der Waals surface area contributed by atoms with Crippen molar-refractivity contribution in [1.82, 2.24) is 20.0 Å². The number of benzene rings is 1. The van der Waals surface area contributed by atoms with E-state index in [2.05, 4.69) is 46.4 Å². The minimum atomic E-state index is -0.466. The van der Waals surface area contributed by atoms with Gasteiger partial charge in [-0.3, -0.25) is 4.90 Å². The molecule has 8 heteroatoms. The minimum absolute atomic E-state index is 0.230. The lowest BCUT2D eigenvalue weighted by Crippen LogP contribution is -2.49. The maximum Gasteiger partial charge on any atom is 0.410 e. The van der Waals surface area contributed by atoms with Gasteiger partial charge in [0, 0.05) is 44.8 Å². The SMILES string of the molecule is CCc1nnc(Nc2cc(C)cc(CN3CCN(C(=O)OC(C)(C)C)CC3)c2C)o1. The molecule has 0 aliphatic carbocycles. The number of piperazine rings is 1. The van der Waals surface area contributed by atoms with E-state index in [1.54, 1.807) is 4.90 Å². The van der Waals surface area contributed by atoms with Crippen molar-refractivity contribution in [3.05, 3.63) is 34.7 Å². The first-order valence-corrected chi connectivity index (χ1v) is 10.5. The summed E-state index contributed by atoms with van der Waals surface area (Å²) in [5.74, 6) is 0.617. The van der Waals surface area contributed by atoms with Crippen molar-refractivity contribution < 1.29 is 13.9 Å². The third kappa shape index (κ3) is 5.72. The van der Waals surface area contributed by atoms with E-state index in [-0.39, 0.29) is 6.09 Å². The van der Waals surface area contributed by atoms with E-state index < -0.39 is 5.60 Å². The van der Waals surface area contributed by atoms with Crippen molar-refractivity contribution in [3.63, 3.8) is 0 Å². The zero-order valence-electron chi connectivity index (χ0n) is 18.9. The molecule has 2 aromatic rings. The van der Waals surface area contributed by atoms with Gasteiger partial charge in [0.25, 0.3) is 0 Å². The van der Waals surface area contributed by atoms with Gasteiger partial charge in [0.05, 0.1) is 0 Å². The average molecular weight is 416 g/mol. The molecule has 1 amide bonds. The van der Waals surface area contributed by atoms with Crippen molar-refractivity contribution in [1.29, 1.82) is 0 Å². The van der Waals surface area contributed by atoms with Crippen LogP contribution in [0.3, 0.4) is 0 Å². The van der Waals surface area contributed by atoms with Crippen LogP contribution in [0, 0.1) is 13.8 Å². The number of hydrogen-bond donors (Lipinski definition) is 1. The normalized spacial score (nSPS) is 15.3. The van der Waals surface area contributed by atoms with Crippen LogP contribution in [0.15, 0.2) is 16.5 Å². The van der Waals surface area contributed by atoms with Gasteiger partial charge in [-0.15, -0.1) is 5.10 Å². The van der Waals surface area contributed by atoms with E-state index in [1.807, 2.05) is 27.7 Å². The highest BCUT2D eigenvalue weighted by atomic mass is 16.6. The summed E-state index contributed by atoms with van der Waals surface area (Å²) in [4.78, 5) is 16.4. The Labute approximate surface area is 178 Å². The number of hydrogen-bond acceptors (Lipinski definition) is 7. The first-order valence-electron chi connectivity index (χ1n) is 10.5. The number of aryl methyl sites for hydroxylation is 2. The van der Waals surface area contributed by atoms with Gasteiger partial charge in [-0.25, -0.2) is 4.79 Å². The molecule has 30 heavy (non-hydrogen) atoms. The number of carbonyl (C=O) groups excluding carboxylic acids is 1. The number of carbonyl (C=O) groups is 1. The van der Waals surface area contributed by atoms with Crippen LogP contribution >= 0.6 is 0 Å². The Morgan fingerprint density at radius 2 is 1.87 bits per heavy atom. The number of nitrogens with one attached hydrogen (secondary N) is 1. The van der Waals surface area contributed by atoms with Gasteiger partial charge in [0.2, 0.25) is 5.89 Å². The molecular formula is C22H33N5O3. The molecule has 1 aromatic heterocycles. The Morgan fingerprint density at radius 3 is 2.47 bits per heavy atom. The maximum atomic E-state index is 12.3. The molecule has 164 valence electrons. The molecule has 1 aliphatic rings. The Kier molecular flexibility index (Phi) is 6.65. The van der Waals surface area contributed by atoms with Gasteiger partial charge in [-0.1, -0.05) is 18.1 Å². The number of ether oxygens (including phenoxy) is 1. The number of amides is 1. The highest BCUT2D eigenvalue weighted by Crippen LogP contribution is 2.26. The van der Waals surface area contributed by atoms with Gasteiger partial charge < -0.3 is 19.4 Å². The first kappa shape index (κ1) is 22.1. The van der Waals surface area contributed by atoms with Crippen LogP contribution in [0.4, 0.5) is 16.5 Å². The lowest BCUT2D eigenvalue weighted by Gasteiger charge is -2.36. The second-order valence-electron chi connectivity index (χ2n) is 8.82. The molecule has 0 atom stereocenters. The second kappa shape index (κ2) is 9.04. The van der Waals surface area contributed by atoms with Gasteiger partial charge in [-0.05, 0) is 57.4 Å². The quantitative estimate of drug-likeness (QED) is 0.789. The highest BCUT2D eigenvalue weighted by Gasteiger charge is 2.26. The largest absolute Gasteiger partial charge is 0.444 e. The Hall–Kier alpha value is -2.61. The molecule has 1 aliphatic heterocycles. The number of rotatable bonds is 5. The zero-order valence-corrected chi connectivity index (χ0v) is 18.9. The summed E-state index contributed by atoms with van der Waals surface area (Å²) in [5, 5.41) is 11.3. The standard InChI is InChI=1S/C22H33N5O3/c1-7-19-24-25-20(29-19)23-18-13-15(2)12-17(16(18)3)14-26-8-10-27(11-9-26)21(28)30-22(4,5)6/h12-13H,7-11,14H2,1-6H3,(H,23,25). The van der Waals surface area contributed by atoms with Crippen molar-refractivity contribution in [3.8, 4) is 0 Å². The van der Waals surface area contributed by atoms with Gasteiger partial charge >= 0.3 is 12.1 Å². The Bertz CT molecular complexity index is 879. The van der Waals surface area contributed by atoms with Crippen LogP contribution in [0.1, 0.15) is 50.3 Å². The van der Waals surface area contributed by atoms with E-state index in [9.17, 15) is 4.79 Å². The van der Waals surface area contributed by atoms with Crippen molar-refractivity contribution in [2.75, 3.05) is 31.5 Å². The van der Waals surface area contributed by atoms with Crippen LogP contribution < -0.4 is 5.32 Å². The predicted molar refractivity (Wildman–Crippen MR) is 116 cm³/mol. The number of aromatic nitrogens is 2. The highest BCUT2D eigenvalue weighted by molar-refractivity contribution is 5.68. The summed E-state index contributed by atoms with van der Waals surface area (Å²) >= 11 is 0. The second-order valence-corrected chi connectivity index (χ2v) is 8.82. The Balaban J connectivity index is 1.63. The molecule has 8 nitrogen and oxygen atoms in total. The molecule has 0 unspecified atom stereocenters. The van der Waals surface area contributed by atoms with E-state index >= 15 is 0 Å². The average Bonchev–Trinajstić information content (AvgIpc) is 3.12. The lowest BCUT2D eigenvalue weighted by atomic mass is 10.0. The summed E-state index contributed by atoms with van der Waals surface area (Å²) < 4.78 is 11.1. The number of nitrogens with zero attached hydrogens (tertiary/aromatic N) is 4. The van der Waals surface area contributed by atoms with Crippen LogP contribution in [0.2, 0.25) is 0 Å². The van der Waals surface area contributed by atoms with Crippen LogP contribution in [-0.2, 0) is 17.7 Å². The van der Waals surface area contributed by atoms with Gasteiger partial charge in [0.1, 0.15) is 5.60 Å². The zero-order chi connectivity index (χ0) is 21.9. The van der Waals surface area contributed by atoms with Crippen molar-refractivity contribution >= 4 is 17.8 Å². The monoisotopic (exact) mass is 415 g/mol. The molecule has 1 N–H and O–H groups in total. The molecule has 0 saturated carbocycles. The molecule has 1 saturated heterocycles. The molecule has 0 spiro atoms. The summed E-state index contributed by atoms with van der Waals surface area (Å²) in [6, 6.07) is 4.72. The molecule has 3 rings (SSSR count). The predicted octanol–water partition coefficient (Wildman–Crippen LogP) is 4.05. The molecule has 1 fully saturated rings. The molecule has 0 bridgehead atoms. The third-order valence-corrected chi connectivity index (χ3v) is 5.09. The van der Waals surface area contributed by atoms with Crippen molar-refractivity contribution in [2.24, 2.45) is 0 Å². The summed E-state index contributed by atoms with van der Waals surface area (Å²) in [5.41, 5.74) is 4.08. The van der Waals surface area contributed by atoms with E-state index in [0.29, 0.717) is 31.4 Å². The fourth-order valence-electron chi connectivity index (χ4n) is 3.45. The Morgan fingerprint density at radius 1 is 1.17 bits per heavy atom. The topological polar surface area (TPSA) is 83.7 Å². The van der Waals surface area contributed by atoms with Crippen LogP contribution in [0.25, 0.3) is 0 Å². The fourth-order valence-corrected chi connectivity index (χ4v) is 3.45. The molecule has 0 radical (unpaired) electrons. The summed E-state index contributed by atoms with van der Waals surface area (Å²) in [7, 11) is 0. The summed E-state index contributed by atoms with van der Waals surface area (Å²) in [6.07, 6.45) is 0.480. The molecule has 1 aromatic carbocycles. The van der Waals surface area contributed by atoms with Gasteiger partial charge in [0.15, 0.2) is 0 Å². The van der Waals surface area contributed by atoms with Crippen LogP contribution in [0.5, 0.6) is 0 Å². The maximum absolute atomic E-state index is 12.3. The molecular weight excluding hydrogens is 382 g/mol. The van der Waals surface area contributed by atoms with E-state index in [0.717, 1.165) is 30.9 Å². The number of anilines is 2. The fraction of sp³-hybridized carbons (Fsp3) is 0.591. The smallest absolute Gasteiger partial charge is 0.410 e. The lowest BCUT2D eigenvalue weighted by molar-refractivity contribution is 0.0139.